The van der Waals surface area contributed by atoms with Gasteiger partial charge in [0.05, 0.1) is 12.1 Å². The Kier molecular flexibility index (Phi) is 8.49. The van der Waals surface area contributed by atoms with Gasteiger partial charge in [-0.2, -0.15) is 0 Å². The van der Waals surface area contributed by atoms with E-state index in [0.29, 0.717) is 25.9 Å². The summed E-state index contributed by atoms with van der Waals surface area (Å²) in [4.78, 5) is 53.8. The smallest absolute Gasteiger partial charge is 0.315 e. The van der Waals surface area contributed by atoms with Gasteiger partial charge in [0, 0.05) is 26.1 Å². The number of nitrogens with zero attached hydrogens (tertiary/aromatic N) is 2. The van der Waals surface area contributed by atoms with Crippen LogP contribution < -0.4 is 10.6 Å². The molecule has 0 aliphatic carbocycles. The lowest BCUT2D eigenvalue weighted by Crippen LogP contribution is -2.60. The molecular formula is C23H40N4O4. The lowest BCUT2D eigenvalue weighted by Gasteiger charge is -2.36. The molecule has 0 aromatic rings. The third-order valence-corrected chi connectivity index (χ3v) is 6.35. The van der Waals surface area contributed by atoms with Gasteiger partial charge in [0.1, 0.15) is 6.04 Å². The zero-order valence-electron chi connectivity index (χ0n) is 20.0. The van der Waals surface area contributed by atoms with Crippen LogP contribution in [-0.4, -0.2) is 71.2 Å². The van der Waals surface area contributed by atoms with Crippen molar-refractivity contribution < 1.29 is 19.2 Å². The molecule has 8 heteroatoms. The molecule has 2 fully saturated rings. The molecule has 2 rings (SSSR count). The monoisotopic (exact) mass is 436 g/mol. The number of rotatable bonds is 7. The van der Waals surface area contributed by atoms with Gasteiger partial charge in [-0.15, -0.1) is 0 Å². The van der Waals surface area contributed by atoms with Gasteiger partial charge in [0.25, 0.3) is 0 Å². The Balaban J connectivity index is 2.07. The molecule has 0 bridgehead atoms. The van der Waals surface area contributed by atoms with Gasteiger partial charge in [0.2, 0.25) is 11.8 Å². The molecule has 4 amide bonds. The minimum absolute atomic E-state index is 0.0194. The van der Waals surface area contributed by atoms with Crippen LogP contribution in [0.25, 0.3) is 0 Å². The third kappa shape index (κ3) is 6.68. The molecule has 2 heterocycles. The summed E-state index contributed by atoms with van der Waals surface area (Å²) in [7, 11) is 0. The number of Topliss-reactive ketones (excluding diaryl/α,β-unsaturated/α-hetero) is 1. The molecule has 8 nitrogen and oxygen atoms in total. The van der Waals surface area contributed by atoms with Crippen molar-refractivity contribution in [3.8, 4) is 0 Å². The summed E-state index contributed by atoms with van der Waals surface area (Å²) in [5.41, 5.74) is -0.519. The molecule has 0 radical (unpaired) electrons. The molecule has 3 atom stereocenters. The summed E-state index contributed by atoms with van der Waals surface area (Å²) in [6, 6.07) is -1.79. The number of ketones is 1. The van der Waals surface area contributed by atoms with E-state index in [-0.39, 0.29) is 29.6 Å². The number of urea groups is 1. The van der Waals surface area contributed by atoms with Gasteiger partial charge in [-0.1, -0.05) is 34.6 Å². The number of hydrogen-bond acceptors (Lipinski definition) is 4. The molecular weight excluding hydrogens is 396 g/mol. The number of hydrogen-bond donors (Lipinski definition) is 2. The highest BCUT2D eigenvalue weighted by Gasteiger charge is 2.41. The minimum Gasteiger partial charge on any atom is -0.341 e. The molecule has 0 saturated carbocycles. The number of nitrogens with one attached hydrogen (secondary N) is 2. The van der Waals surface area contributed by atoms with Crippen molar-refractivity contribution in [2.75, 3.05) is 19.6 Å². The van der Waals surface area contributed by atoms with Crippen LogP contribution in [0.3, 0.4) is 0 Å². The van der Waals surface area contributed by atoms with Crippen molar-refractivity contribution in [1.82, 2.24) is 20.4 Å². The van der Waals surface area contributed by atoms with E-state index in [0.717, 1.165) is 25.8 Å². The Hall–Kier alpha value is -2.12. The molecule has 2 saturated heterocycles. The third-order valence-electron chi connectivity index (χ3n) is 6.35. The highest BCUT2D eigenvalue weighted by atomic mass is 16.2. The maximum absolute atomic E-state index is 13.3. The van der Waals surface area contributed by atoms with E-state index in [2.05, 4.69) is 10.6 Å². The first-order chi connectivity index (χ1) is 14.4. The lowest BCUT2D eigenvalue weighted by molar-refractivity contribution is -0.140. The average molecular weight is 437 g/mol. The van der Waals surface area contributed by atoms with Crippen LogP contribution in [0.1, 0.15) is 73.6 Å². The van der Waals surface area contributed by atoms with E-state index in [1.165, 1.54) is 6.92 Å². The van der Waals surface area contributed by atoms with Crippen LogP contribution >= 0.6 is 0 Å². The standard InChI is InChI=1S/C23H40N4O4/c1-15(2)17(14-26-12-8-7-11-19(26)29)24-22(31)25-20(23(4,5)6)21(30)27-13-9-10-18(27)16(3)28/h15,17-18,20H,7-14H2,1-6H3,(H2,24,25,31)/t17-,18+,20-/m1/s1. The predicted octanol–water partition coefficient (Wildman–Crippen LogP) is 2.32. The van der Waals surface area contributed by atoms with Gasteiger partial charge < -0.3 is 20.4 Å². The topological polar surface area (TPSA) is 98.8 Å². The first-order valence-corrected chi connectivity index (χ1v) is 11.6. The number of carbonyl (C=O) groups excluding carboxylic acids is 4. The van der Waals surface area contributed by atoms with E-state index in [1.54, 1.807) is 4.90 Å². The number of carbonyl (C=O) groups is 4. The molecule has 0 aromatic heterocycles. The van der Waals surface area contributed by atoms with Crippen molar-refractivity contribution in [3.63, 3.8) is 0 Å². The summed E-state index contributed by atoms with van der Waals surface area (Å²) in [5, 5.41) is 5.86. The summed E-state index contributed by atoms with van der Waals surface area (Å²) in [5.74, 6) is 0.0257. The first-order valence-electron chi connectivity index (χ1n) is 11.6. The average Bonchev–Trinajstić information content (AvgIpc) is 3.16. The number of piperidine rings is 1. The number of amides is 4. The fourth-order valence-electron chi connectivity index (χ4n) is 4.32. The molecule has 2 aliphatic rings. The zero-order chi connectivity index (χ0) is 23.3. The fourth-order valence-corrected chi connectivity index (χ4v) is 4.32. The maximum Gasteiger partial charge on any atom is 0.315 e. The molecule has 0 aromatic carbocycles. The molecule has 0 unspecified atom stereocenters. The van der Waals surface area contributed by atoms with Crippen LogP contribution in [0.2, 0.25) is 0 Å². The highest BCUT2D eigenvalue weighted by molar-refractivity contribution is 5.92. The first kappa shape index (κ1) is 25.1. The largest absolute Gasteiger partial charge is 0.341 e. The summed E-state index contributed by atoms with van der Waals surface area (Å²) < 4.78 is 0. The van der Waals surface area contributed by atoms with Gasteiger partial charge in [-0.3, -0.25) is 14.4 Å². The van der Waals surface area contributed by atoms with Crippen LogP contribution in [0, 0.1) is 11.3 Å². The van der Waals surface area contributed by atoms with Crippen molar-refractivity contribution in [2.24, 2.45) is 11.3 Å². The van der Waals surface area contributed by atoms with Gasteiger partial charge in [-0.05, 0) is 43.9 Å². The van der Waals surface area contributed by atoms with Crippen LogP contribution in [-0.2, 0) is 14.4 Å². The summed E-state index contributed by atoms with van der Waals surface area (Å²) in [6.07, 6.45) is 3.92. The second kappa shape index (κ2) is 10.5. The number of likely N-dealkylation sites (tertiary alicyclic amines) is 2. The molecule has 2 N–H and O–H groups in total. The Morgan fingerprint density at radius 3 is 2.29 bits per heavy atom. The molecule has 0 spiro atoms. The van der Waals surface area contributed by atoms with E-state index in [1.807, 2.05) is 39.5 Å². The minimum atomic E-state index is -0.753. The van der Waals surface area contributed by atoms with E-state index in [9.17, 15) is 19.2 Å². The van der Waals surface area contributed by atoms with Gasteiger partial charge >= 0.3 is 6.03 Å². The quantitative estimate of drug-likeness (QED) is 0.640. The maximum atomic E-state index is 13.3. The summed E-state index contributed by atoms with van der Waals surface area (Å²) in [6.45, 7) is 13.0. The van der Waals surface area contributed by atoms with Crippen LogP contribution in [0.15, 0.2) is 0 Å². The van der Waals surface area contributed by atoms with Crippen LogP contribution in [0.4, 0.5) is 4.79 Å². The van der Waals surface area contributed by atoms with Gasteiger partial charge in [-0.25, -0.2) is 4.79 Å². The fraction of sp³-hybridized carbons (Fsp3) is 0.826. The second-order valence-electron chi connectivity index (χ2n) is 10.4. The van der Waals surface area contributed by atoms with Crippen molar-refractivity contribution in [1.29, 1.82) is 0 Å². The van der Waals surface area contributed by atoms with Crippen molar-refractivity contribution in [2.45, 2.75) is 91.8 Å². The Bertz CT molecular complexity index is 686. The SMILES string of the molecule is CC(=O)[C@@H]1CCCN1C(=O)[C@@H](NC(=O)N[C@H](CN1CCCCC1=O)C(C)C)C(C)(C)C. The molecule has 176 valence electrons. The van der Waals surface area contributed by atoms with Crippen LogP contribution in [0.5, 0.6) is 0 Å². The Morgan fingerprint density at radius 2 is 1.74 bits per heavy atom. The Morgan fingerprint density at radius 1 is 1.06 bits per heavy atom. The van der Waals surface area contributed by atoms with E-state index >= 15 is 0 Å². The van der Waals surface area contributed by atoms with E-state index in [4.69, 9.17) is 0 Å². The highest BCUT2D eigenvalue weighted by Crippen LogP contribution is 2.26. The molecule has 31 heavy (non-hydrogen) atoms. The van der Waals surface area contributed by atoms with E-state index < -0.39 is 23.5 Å². The zero-order valence-corrected chi connectivity index (χ0v) is 20.0. The second-order valence-corrected chi connectivity index (χ2v) is 10.4. The normalized spacial score (nSPS) is 21.8. The van der Waals surface area contributed by atoms with Crippen molar-refractivity contribution in [3.05, 3.63) is 0 Å². The van der Waals surface area contributed by atoms with Gasteiger partial charge in [0.15, 0.2) is 5.78 Å². The predicted molar refractivity (Wildman–Crippen MR) is 119 cm³/mol. The lowest BCUT2D eigenvalue weighted by atomic mass is 9.85. The molecule has 2 aliphatic heterocycles. The summed E-state index contributed by atoms with van der Waals surface area (Å²) >= 11 is 0. The Labute approximate surface area is 186 Å². The van der Waals surface area contributed by atoms with Crippen molar-refractivity contribution >= 4 is 23.6 Å².